The van der Waals surface area contributed by atoms with Gasteiger partial charge in [0.15, 0.2) is 0 Å². The van der Waals surface area contributed by atoms with Gasteiger partial charge in [-0.05, 0) is 55.9 Å². The number of aryl methyl sites for hydroxylation is 2. The van der Waals surface area contributed by atoms with Crippen LogP contribution >= 0.6 is 11.8 Å². The van der Waals surface area contributed by atoms with Gasteiger partial charge in [-0.2, -0.15) is 0 Å². The van der Waals surface area contributed by atoms with Gasteiger partial charge in [0.2, 0.25) is 0 Å². The van der Waals surface area contributed by atoms with E-state index < -0.39 is 0 Å². The van der Waals surface area contributed by atoms with E-state index in [1.807, 2.05) is 11.8 Å². The second kappa shape index (κ2) is 4.88. The standard InChI is InChI=1S/C15H20N2S/c1-11-16-15(10-18-11)17(2)14-8-7-12-5-3-4-6-13(12)9-14/h7-11,16H,3-6H2,1-2H3. The predicted octanol–water partition coefficient (Wildman–Crippen LogP) is 3.48. The monoisotopic (exact) mass is 260 g/mol. The normalized spacial score (nSPS) is 22.1. The van der Waals surface area contributed by atoms with E-state index in [9.17, 15) is 0 Å². The number of fused-ring (bicyclic) bond motifs is 1. The first-order valence-corrected chi connectivity index (χ1v) is 7.66. The van der Waals surface area contributed by atoms with Crippen molar-refractivity contribution in [2.75, 3.05) is 11.9 Å². The summed E-state index contributed by atoms with van der Waals surface area (Å²) in [6.45, 7) is 2.19. The van der Waals surface area contributed by atoms with Gasteiger partial charge in [-0.1, -0.05) is 6.07 Å². The Bertz CT molecular complexity index is 481. The maximum absolute atomic E-state index is 3.48. The minimum absolute atomic E-state index is 0.486. The molecule has 0 radical (unpaired) electrons. The lowest BCUT2D eigenvalue weighted by Crippen LogP contribution is -2.28. The minimum Gasteiger partial charge on any atom is -0.359 e. The largest absolute Gasteiger partial charge is 0.359 e. The fourth-order valence-corrected chi connectivity index (χ4v) is 3.43. The number of nitrogens with zero attached hydrogens (tertiary/aromatic N) is 1. The molecule has 1 atom stereocenters. The van der Waals surface area contributed by atoms with E-state index in [4.69, 9.17) is 0 Å². The SMILES string of the molecule is CC1NC(N(C)c2ccc3c(c2)CCCC3)=CS1. The van der Waals surface area contributed by atoms with Crippen LogP contribution in [0.3, 0.4) is 0 Å². The van der Waals surface area contributed by atoms with Crippen LogP contribution in [0.5, 0.6) is 0 Å². The van der Waals surface area contributed by atoms with Gasteiger partial charge in [-0.25, -0.2) is 0 Å². The topological polar surface area (TPSA) is 15.3 Å². The molecule has 1 unspecified atom stereocenters. The van der Waals surface area contributed by atoms with Crippen molar-refractivity contribution in [3.8, 4) is 0 Å². The van der Waals surface area contributed by atoms with Crippen molar-refractivity contribution in [3.63, 3.8) is 0 Å². The van der Waals surface area contributed by atoms with E-state index in [2.05, 4.69) is 47.8 Å². The van der Waals surface area contributed by atoms with Gasteiger partial charge < -0.3 is 10.2 Å². The van der Waals surface area contributed by atoms with Crippen LogP contribution in [0.4, 0.5) is 5.69 Å². The van der Waals surface area contributed by atoms with Crippen LogP contribution in [0.25, 0.3) is 0 Å². The molecule has 0 spiro atoms. The van der Waals surface area contributed by atoms with Crippen molar-refractivity contribution < 1.29 is 0 Å². The van der Waals surface area contributed by atoms with Gasteiger partial charge in [-0.15, -0.1) is 11.8 Å². The Morgan fingerprint density at radius 1 is 1.22 bits per heavy atom. The summed E-state index contributed by atoms with van der Waals surface area (Å²) >= 11 is 1.84. The number of hydrogen-bond donors (Lipinski definition) is 1. The molecule has 1 aromatic rings. The summed E-state index contributed by atoms with van der Waals surface area (Å²) in [6, 6.07) is 6.93. The summed E-state index contributed by atoms with van der Waals surface area (Å²) in [5.41, 5.74) is 4.39. The van der Waals surface area contributed by atoms with Crippen molar-refractivity contribution in [1.82, 2.24) is 5.32 Å². The Morgan fingerprint density at radius 2 is 2.00 bits per heavy atom. The van der Waals surface area contributed by atoms with Gasteiger partial charge in [0.05, 0.1) is 5.37 Å². The summed E-state index contributed by atoms with van der Waals surface area (Å²) in [6.07, 6.45) is 5.19. The third kappa shape index (κ3) is 2.24. The Morgan fingerprint density at radius 3 is 2.72 bits per heavy atom. The van der Waals surface area contributed by atoms with Crippen molar-refractivity contribution in [2.45, 2.75) is 38.0 Å². The van der Waals surface area contributed by atoms with E-state index in [0.29, 0.717) is 5.37 Å². The Hall–Kier alpha value is -1.09. The average Bonchev–Trinajstić information content (AvgIpc) is 2.84. The van der Waals surface area contributed by atoms with E-state index in [0.717, 1.165) is 0 Å². The van der Waals surface area contributed by atoms with E-state index >= 15 is 0 Å². The molecule has 18 heavy (non-hydrogen) atoms. The second-order valence-corrected chi connectivity index (χ2v) is 6.36. The highest BCUT2D eigenvalue weighted by molar-refractivity contribution is 8.02. The van der Waals surface area contributed by atoms with Crippen LogP contribution in [0, 0.1) is 0 Å². The Balaban J connectivity index is 1.84. The molecule has 0 fully saturated rings. The zero-order chi connectivity index (χ0) is 12.5. The molecule has 3 heteroatoms. The van der Waals surface area contributed by atoms with Gasteiger partial charge in [0.25, 0.3) is 0 Å². The van der Waals surface area contributed by atoms with Gasteiger partial charge in [-0.3, -0.25) is 0 Å². The van der Waals surface area contributed by atoms with Crippen LogP contribution in [-0.2, 0) is 12.8 Å². The number of rotatable bonds is 2. The molecule has 1 heterocycles. The first-order chi connectivity index (χ1) is 8.74. The lowest BCUT2D eigenvalue weighted by molar-refractivity contribution is 0.685. The maximum Gasteiger partial charge on any atom is 0.113 e. The van der Waals surface area contributed by atoms with Gasteiger partial charge in [0.1, 0.15) is 5.82 Å². The summed E-state index contributed by atoms with van der Waals surface area (Å²) in [5, 5.41) is 6.18. The number of hydrogen-bond acceptors (Lipinski definition) is 3. The molecule has 1 aromatic carbocycles. The molecule has 2 aliphatic rings. The molecular formula is C15H20N2S. The molecule has 0 bridgehead atoms. The Kier molecular flexibility index (Phi) is 3.25. The second-order valence-electron chi connectivity index (χ2n) is 5.14. The summed E-state index contributed by atoms with van der Waals surface area (Å²) < 4.78 is 0. The molecule has 1 N–H and O–H groups in total. The zero-order valence-electron chi connectivity index (χ0n) is 11.1. The highest BCUT2D eigenvalue weighted by Gasteiger charge is 2.17. The summed E-state index contributed by atoms with van der Waals surface area (Å²) in [5.74, 6) is 1.21. The van der Waals surface area contributed by atoms with Crippen LogP contribution in [-0.4, -0.2) is 12.4 Å². The van der Waals surface area contributed by atoms with Gasteiger partial charge in [0, 0.05) is 18.1 Å². The highest BCUT2D eigenvalue weighted by Crippen LogP contribution is 2.29. The third-order valence-electron chi connectivity index (χ3n) is 3.82. The number of anilines is 1. The van der Waals surface area contributed by atoms with Crippen molar-refractivity contribution in [1.29, 1.82) is 0 Å². The van der Waals surface area contributed by atoms with E-state index in [1.165, 1.54) is 37.2 Å². The van der Waals surface area contributed by atoms with Gasteiger partial charge >= 0.3 is 0 Å². The van der Waals surface area contributed by atoms with E-state index in [-0.39, 0.29) is 0 Å². The molecule has 1 aliphatic heterocycles. The number of nitrogens with one attached hydrogen (secondary N) is 1. The molecular weight excluding hydrogens is 240 g/mol. The van der Waals surface area contributed by atoms with Crippen LogP contribution in [0.2, 0.25) is 0 Å². The molecule has 0 amide bonds. The first-order valence-electron chi connectivity index (χ1n) is 6.72. The number of thioether (sulfide) groups is 1. The molecule has 1 aliphatic carbocycles. The quantitative estimate of drug-likeness (QED) is 0.876. The molecule has 0 saturated heterocycles. The average molecular weight is 260 g/mol. The Labute approximate surface area is 113 Å². The lowest BCUT2D eigenvalue weighted by Gasteiger charge is -2.24. The fourth-order valence-electron chi connectivity index (χ4n) is 2.69. The summed E-state index contributed by atoms with van der Waals surface area (Å²) in [7, 11) is 2.14. The van der Waals surface area contributed by atoms with Crippen molar-refractivity contribution >= 4 is 17.4 Å². The van der Waals surface area contributed by atoms with Crippen LogP contribution in [0.15, 0.2) is 29.4 Å². The molecule has 0 saturated carbocycles. The molecule has 96 valence electrons. The van der Waals surface area contributed by atoms with Crippen molar-refractivity contribution in [2.24, 2.45) is 0 Å². The minimum atomic E-state index is 0.486. The first kappa shape index (κ1) is 12.0. The van der Waals surface area contributed by atoms with E-state index in [1.54, 1.807) is 11.1 Å². The number of benzene rings is 1. The fraction of sp³-hybridized carbons (Fsp3) is 0.467. The van der Waals surface area contributed by atoms with Crippen LogP contribution < -0.4 is 10.2 Å². The summed E-state index contributed by atoms with van der Waals surface area (Å²) in [4.78, 5) is 2.26. The molecule has 2 nitrogen and oxygen atoms in total. The predicted molar refractivity (Wildman–Crippen MR) is 79.8 cm³/mol. The molecule has 3 rings (SSSR count). The smallest absolute Gasteiger partial charge is 0.113 e. The molecule has 0 aromatic heterocycles. The van der Waals surface area contributed by atoms with Crippen molar-refractivity contribution in [3.05, 3.63) is 40.6 Å². The maximum atomic E-state index is 3.48. The lowest BCUT2D eigenvalue weighted by atomic mass is 9.91. The third-order valence-corrected chi connectivity index (χ3v) is 4.70. The highest BCUT2D eigenvalue weighted by atomic mass is 32.2. The van der Waals surface area contributed by atoms with Crippen LogP contribution in [0.1, 0.15) is 30.9 Å². The zero-order valence-corrected chi connectivity index (χ0v) is 11.9.